The number of benzene rings is 1. The van der Waals surface area contributed by atoms with Crippen molar-refractivity contribution in [2.24, 2.45) is 0 Å². The van der Waals surface area contributed by atoms with Crippen molar-refractivity contribution in [1.29, 1.82) is 0 Å². The molecular weight excluding hydrogens is 332 g/mol. The van der Waals surface area contributed by atoms with Crippen LogP contribution in [-0.2, 0) is 6.61 Å². The molecule has 0 saturated carbocycles. The van der Waals surface area contributed by atoms with Crippen LogP contribution in [0.3, 0.4) is 0 Å². The summed E-state index contributed by atoms with van der Waals surface area (Å²) < 4.78 is 2.99. The number of hydrogen-bond donors (Lipinski definition) is 1. The first-order chi connectivity index (χ1) is 8.78. The molecule has 0 aliphatic carbocycles. The number of aromatic nitrogens is 2. The predicted octanol–water partition coefficient (Wildman–Crippen LogP) is 3.80. The Bertz CT molecular complexity index is 675. The van der Waals surface area contributed by atoms with Crippen LogP contribution in [0.4, 0.5) is 0 Å². The maximum atomic E-state index is 9.47. The third-order valence-electron chi connectivity index (χ3n) is 2.50. The third kappa shape index (κ3) is 2.21. The Labute approximate surface area is 121 Å². The Kier molecular flexibility index (Phi) is 3.43. The largest absolute Gasteiger partial charge is 0.390 e. The Balaban J connectivity index is 1.98. The summed E-state index contributed by atoms with van der Waals surface area (Å²) in [6.45, 7) is -0.00321. The zero-order valence-corrected chi connectivity index (χ0v) is 12.4. The van der Waals surface area contributed by atoms with Gasteiger partial charge in [-0.05, 0) is 24.3 Å². The minimum atomic E-state index is -0.00321. The normalized spacial score (nSPS) is 11.2. The summed E-state index contributed by atoms with van der Waals surface area (Å²) in [7, 11) is 0. The molecule has 2 heterocycles. The van der Waals surface area contributed by atoms with Crippen LogP contribution in [0.5, 0.6) is 0 Å². The second-order valence-electron chi connectivity index (χ2n) is 3.63. The number of aliphatic hydroxyl groups is 1. The van der Waals surface area contributed by atoms with Gasteiger partial charge in [-0.15, -0.1) is 11.3 Å². The van der Waals surface area contributed by atoms with E-state index in [0.717, 1.165) is 25.0 Å². The highest BCUT2D eigenvalue weighted by Gasteiger charge is 2.13. The fraction of sp³-hybridized carbons (Fsp3) is 0.0833. The Morgan fingerprint density at radius 2 is 2.11 bits per heavy atom. The summed E-state index contributed by atoms with van der Waals surface area (Å²) in [5.74, 6) is 0. The SMILES string of the molecule is OCc1c(Sc2ccc(Br)cc2)nc2sccn12. The summed E-state index contributed by atoms with van der Waals surface area (Å²) in [6.07, 6.45) is 1.93. The average molecular weight is 341 g/mol. The smallest absolute Gasteiger partial charge is 0.195 e. The second kappa shape index (κ2) is 5.05. The minimum absolute atomic E-state index is 0.00321. The van der Waals surface area contributed by atoms with Crippen LogP contribution in [0, 0.1) is 0 Å². The van der Waals surface area contributed by atoms with Gasteiger partial charge in [-0.1, -0.05) is 27.7 Å². The molecule has 1 aromatic carbocycles. The first-order valence-electron chi connectivity index (χ1n) is 5.26. The van der Waals surface area contributed by atoms with Crippen molar-refractivity contribution < 1.29 is 5.11 Å². The molecule has 3 aromatic rings. The van der Waals surface area contributed by atoms with Gasteiger partial charge in [0.1, 0.15) is 5.03 Å². The van der Waals surface area contributed by atoms with Crippen LogP contribution < -0.4 is 0 Å². The molecule has 3 nitrogen and oxygen atoms in total. The molecule has 0 amide bonds. The number of fused-ring (bicyclic) bond motifs is 1. The summed E-state index contributed by atoms with van der Waals surface area (Å²) >= 11 is 6.56. The highest BCUT2D eigenvalue weighted by Crippen LogP contribution is 2.32. The van der Waals surface area contributed by atoms with E-state index < -0.39 is 0 Å². The van der Waals surface area contributed by atoms with Gasteiger partial charge in [-0.25, -0.2) is 4.98 Å². The zero-order chi connectivity index (χ0) is 12.5. The standard InChI is InChI=1S/C12H9BrN2OS2/c13-8-1-3-9(4-2-8)18-11-10(7-16)15-5-6-17-12(15)14-11/h1-6,16H,7H2. The molecule has 0 spiro atoms. The van der Waals surface area contributed by atoms with E-state index in [0.29, 0.717) is 0 Å². The number of thiazole rings is 1. The van der Waals surface area contributed by atoms with E-state index in [2.05, 4.69) is 20.9 Å². The van der Waals surface area contributed by atoms with Crippen LogP contribution in [0.25, 0.3) is 4.96 Å². The molecular formula is C12H9BrN2OS2. The van der Waals surface area contributed by atoms with E-state index in [4.69, 9.17) is 0 Å². The molecule has 0 aliphatic rings. The van der Waals surface area contributed by atoms with Gasteiger partial charge in [0.05, 0.1) is 12.3 Å². The van der Waals surface area contributed by atoms with Gasteiger partial charge in [0.15, 0.2) is 4.96 Å². The molecule has 6 heteroatoms. The van der Waals surface area contributed by atoms with Crippen molar-refractivity contribution >= 4 is 44.0 Å². The zero-order valence-electron chi connectivity index (χ0n) is 9.21. The number of nitrogens with zero attached hydrogens (tertiary/aromatic N) is 2. The second-order valence-corrected chi connectivity index (χ2v) is 6.48. The first-order valence-corrected chi connectivity index (χ1v) is 7.75. The lowest BCUT2D eigenvalue weighted by molar-refractivity contribution is 0.272. The van der Waals surface area contributed by atoms with Crippen LogP contribution in [0.1, 0.15) is 5.69 Å². The number of halogens is 1. The van der Waals surface area contributed by atoms with Crippen molar-refractivity contribution in [3.8, 4) is 0 Å². The number of hydrogen-bond acceptors (Lipinski definition) is 4. The number of aliphatic hydroxyl groups excluding tert-OH is 1. The molecule has 0 fully saturated rings. The molecule has 92 valence electrons. The van der Waals surface area contributed by atoms with Crippen LogP contribution in [0.15, 0.2) is 50.2 Å². The van der Waals surface area contributed by atoms with Gasteiger partial charge in [0, 0.05) is 20.9 Å². The van der Waals surface area contributed by atoms with Crippen LogP contribution in [0.2, 0.25) is 0 Å². The molecule has 0 saturated heterocycles. The van der Waals surface area contributed by atoms with E-state index in [9.17, 15) is 5.11 Å². The lowest BCUT2D eigenvalue weighted by atomic mass is 10.4. The fourth-order valence-corrected chi connectivity index (χ4v) is 3.62. The molecule has 0 radical (unpaired) electrons. The van der Waals surface area contributed by atoms with Gasteiger partial charge >= 0.3 is 0 Å². The highest BCUT2D eigenvalue weighted by molar-refractivity contribution is 9.10. The molecule has 2 aromatic heterocycles. The summed E-state index contributed by atoms with van der Waals surface area (Å²) in [4.78, 5) is 6.56. The fourth-order valence-electron chi connectivity index (χ4n) is 1.65. The molecule has 0 atom stereocenters. The predicted molar refractivity (Wildman–Crippen MR) is 77.3 cm³/mol. The topological polar surface area (TPSA) is 37.5 Å². The summed E-state index contributed by atoms with van der Waals surface area (Å²) in [6, 6.07) is 8.06. The van der Waals surface area contributed by atoms with Crippen molar-refractivity contribution in [2.75, 3.05) is 0 Å². The molecule has 0 bridgehead atoms. The van der Waals surface area contributed by atoms with Gasteiger partial charge in [-0.2, -0.15) is 0 Å². The van der Waals surface area contributed by atoms with Crippen molar-refractivity contribution in [1.82, 2.24) is 9.38 Å². The molecule has 0 aliphatic heterocycles. The molecule has 3 rings (SSSR count). The van der Waals surface area contributed by atoms with E-state index in [1.807, 2.05) is 40.2 Å². The monoisotopic (exact) mass is 340 g/mol. The third-order valence-corrected chi connectivity index (χ3v) is 4.82. The summed E-state index contributed by atoms with van der Waals surface area (Å²) in [5.41, 5.74) is 0.846. The first kappa shape index (κ1) is 12.2. The van der Waals surface area contributed by atoms with Crippen molar-refractivity contribution in [3.63, 3.8) is 0 Å². The van der Waals surface area contributed by atoms with Gasteiger partial charge < -0.3 is 5.11 Å². The van der Waals surface area contributed by atoms with Crippen LogP contribution in [-0.4, -0.2) is 14.5 Å². The molecule has 1 N–H and O–H groups in total. The minimum Gasteiger partial charge on any atom is -0.390 e. The van der Waals surface area contributed by atoms with Crippen molar-refractivity contribution in [2.45, 2.75) is 16.5 Å². The lowest BCUT2D eigenvalue weighted by Gasteiger charge is -2.01. The quantitative estimate of drug-likeness (QED) is 0.787. The summed E-state index contributed by atoms with van der Waals surface area (Å²) in [5, 5.41) is 12.3. The average Bonchev–Trinajstić information content (AvgIpc) is 2.92. The van der Waals surface area contributed by atoms with E-state index >= 15 is 0 Å². The van der Waals surface area contributed by atoms with Crippen molar-refractivity contribution in [3.05, 3.63) is 46.0 Å². The van der Waals surface area contributed by atoms with E-state index in [1.165, 1.54) is 0 Å². The highest BCUT2D eigenvalue weighted by atomic mass is 79.9. The van der Waals surface area contributed by atoms with Gasteiger partial charge in [-0.3, -0.25) is 4.40 Å². The Morgan fingerprint density at radius 3 is 2.83 bits per heavy atom. The van der Waals surface area contributed by atoms with Gasteiger partial charge in [0.25, 0.3) is 0 Å². The Morgan fingerprint density at radius 1 is 1.33 bits per heavy atom. The maximum absolute atomic E-state index is 9.47. The maximum Gasteiger partial charge on any atom is 0.195 e. The number of rotatable bonds is 3. The van der Waals surface area contributed by atoms with E-state index in [-0.39, 0.29) is 6.61 Å². The molecule has 0 unspecified atom stereocenters. The van der Waals surface area contributed by atoms with Crippen LogP contribution >= 0.6 is 39.0 Å². The lowest BCUT2D eigenvalue weighted by Crippen LogP contribution is -1.90. The van der Waals surface area contributed by atoms with E-state index in [1.54, 1.807) is 23.1 Å². The Hall–Kier alpha value is -0.820. The van der Waals surface area contributed by atoms with Gasteiger partial charge in [0.2, 0.25) is 0 Å². The number of imidazole rings is 1. The molecule has 18 heavy (non-hydrogen) atoms.